The van der Waals surface area contributed by atoms with Gasteiger partial charge < -0.3 is 40.2 Å². The largest absolute Gasteiger partial charge is 0.459 e. The third-order valence-corrected chi connectivity index (χ3v) is 9.96. The Labute approximate surface area is 290 Å². The lowest BCUT2D eigenvalue weighted by atomic mass is 10.0. The number of furan rings is 1. The number of hydrogen-bond acceptors (Lipinski definition) is 11. The molecule has 0 unspecified atom stereocenters. The highest BCUT2D eigenvalue weighted by Crippen LogP contribution is 2.18. The summed E-state index contributed by atoms with van der Waals surface area (Å²) in [5.41, 5.74) is 2.33. The van der Waals surface area contributed by atoms with Crippen molar-refractivity contribution in [3.8, 4) is 11.8 Å². The van der Waals surface area contributed by atoms with Crippen LogP contribution in [-0.2, 0) is 9.73 Å². The van der Waals surface area contributed by atoms with Crippen LogP contribution in [-0.4, -0.2) is 108 Å². The molecular weight excluding hydrogens is 664 g/mol. The van der Waals surface area contributed by atoms with E-state index in [1.807, 2.05) is 0 Å². The van der Waals surface area contributed by atoms with Gasteiger partial charge in [-0.15, -0.1) is 0 Å². The van der Waals surface area contributed by atoms with Gasteiger partial charge in [-0.1, -0.05) is 36.1 Å². The molecule has 0 radical (unpaired) electrons. The first kappa shape index (κ1) is 38.1. The van der Waals surface area contributed by atoms with Crippen LogP contribution < -0.4 is 5.32 Å². The van der Waals surface area contributed by atoms with E-state index in [0.29, 0.717) is 27.3 Å². The lowest BCUT2D eigenvalue weighted by Gasteiger charge is -2.28. The van der Waals surface area contributed by atoms with E-state index in [0.717, 1.165) is 0 Å². The fourth-order valence-corrected chi connectivity index (χ4v) is 6.79. The number of pyridine rings is 1. The molecule has 2 aromatic heterocycles. The minimum atomic E-state index is -3.25. The predicted octanol–water partition coefficient (Wildman–Crippen LogP) is 2.06. The average Bonchev–Trinajstić information content (AvgIpc) is 3.56. The SMILES string of the molecule is Cc1ccoc1C(=O)Nc1cccc(C#Cc2cncc(C(=O)N=[S@](=O)(CCCN(C)C[C@H](O)[C@@H](O)[C@@H](O)[C@H](O)CO)c3ccccc3)c2)c1. The molecule has 2 heterocycles. The van der Waals surface area contributed by atoms with Gasteiger partial charge in [0.25, 0.3) is 11.8 Å². The molecule has 4 rings (SSSR count). The van der Waals surface area contributed by atoms with Gasteiger partial charge in [-0.25, -0.2) is 4.21 Å². The molecule has 0 spiro atoms. The zero-order valence-corrected chi connectivity index (χ0v) is 28.4. The molecule has 5 atom stereocenters. The minimum Gasteiger partial charge on any atom is -0.459 e. The first-order chi connectivity index (χ1) is 23.9. The zero-order valence-electron chi connectivity index (χ0n) is 27.5. The molecule has 4 aromatic rings. The third kappa shape index (κ3) is 10.4. The van der Waals surface area contributed by atoms with E-state index in [1.54, 1.807) is 79.5 Å². The Morgan fingerprint density at radius 1 is 0.960 bits per heavy atom. The summed E-state index contributed by atoms with van der Waals surface area (Å²) in [5, 5.41) is 51.6. The van der Waals surface area contributed by atoms with Crippen molar-refractivity contribution in [3.05, 3.63) is 113 Å². The van der Waals surface area contributed by atoms with E-state index in [1.165, 1.54) is 24.7 Å². The number of nitrogens with zero attached hydrogens (tertiary/aromatic N) is 3. The number of amides is 2. The number of aliphatic hydroxyl groups excluding tert-OH is 5. The van der Waals surface area contributed by atoms with Crippen molar-refractivity contribution in [2.45, 2.75) is 42.7 Å². The van der Waals surface area contributed by atoms with Gasteiger partial charge in [0.05, 0.1) is 34.3 Å². The molecule has 2 amide bonds. The monoisotopic (exact) mass is 704 g/mol. The van der Waals surface area contributed by atoms with Crippen LogP contribution in [0.5, 0.6) is 0 Å². The zero-order chi connectivity index (χ0) is 36.3. The lowest BCUT2D eigenvalue weighted by molar-refractivity contribution is -0.118. The number of anilines is 1. The molecule has 0 fully saturated rings. The van der Waals surface area contributed by atoms with Crippen molar-refractivity contribution in [2.75, 3.05) is 37.8 Å². The maximum absolute atomic E-state index is 14.2. The van der Waals surface area contributed by atoms with Gasteiger partial charge in [-0.2, -0.15) is 4.36 Å². The molecule has 264 valence electrons. The average molecular weight is 705 g/mol. The summed E-state index contributed by atoms with van der Waals surface area (Å²) >= 11 is 0. The predicted molar refractivity (Wildman–Crippen MR) is 186 cm³/mol. The number of rotatable bonds is 14. The fourth-order valence-electron chi connectivity index (χ4n) is 4.89. The van der Waals surface area contributed by atoms with Crippen LogP contribution >= 0.6 is 0 Å². The van der Waals surface area contributed by atoms with Crippen LogP contribution in [0.3, 0.4) is 0 Å². The second kappa shape index (κ2) is 17.8. The van der Waals surface area contributed by atoms with Gasteiger partial charge in [0.2, 0.25) is 0 Å². The summed E-state index contributed by atoms with van der Waals surface area (Å²) in [4.78, 5) is 32.0. The summed E-state index contributed by atoms with van der Waals surface area (Å²) in [7, 11) is -1.61. The van der Waals surface area contributed by atoms with Crippen LogP contribution in [0.2, 0.25) is 0 Å². The Balaban J connectivity index is 1.46. The Morgan fingerprint density at radius 2 is 1.68 bits per heavy atom. The molecule has 0 bridgehead atoms. The molecule has 0 aliphatic heterocycles. The number of nitrogens with one attached hydrogen (secondary N) is 1. The fraction of sp³-hybridized carbons (Fsp3) is 0.306. The van der Waals surface area contributed by atoms with E-state index in [-0.39, 0.29) is 42.5 Å². The van der Waals surface area contributed by atoms with Crippen molar-refractivity contribution >= 4 is 27.2 Å². The van der Waals surface area contributed by atoms with Crippen molar-refractivity contribution in [3.63, 3.8) is 0 Å². The Bertz CT molecular complexity index is 1950. The van der Waals surface area contributed by atoms with Gasteiger partial charge >= 0.3 is 0 Å². The van der Waals surface area contributed by atoms with E-state index in [4.69, 9.17) is 9.52 Å². The molecule has 50 heavy (non-hydrogen) atoms. The Morgan fingerprint density at radius 3 is 2.38 bits per heavy atom. The van der Waals surface area contributed by atoms with E-state index >= 15 is 0 Å². The molecule has 0 saturated carbocycles. The normalized spacial score (nSPS) is 14.8. The van der Waals surface area contributed by atoms with E-state index in [9.17, 15) is 34.2 Å². The standard InChI is InChI=1S/C36H40N4O9S/c1-24-14-16-49-34(24)36(47)38-28-9-6-8-25(19-28)12-13-26-18-27(21-37-20-26)35(46)39-50(48,29-10-4-3-5-11-29)17-7-15-40(2)22-30(42)32(44)33(45)31(43)23-41/h3-6,8-11,14,16,18-21,30-33,41-45H,7,15,17,22-23H2,1-2H3,(H,38,47)/t30-,31+,32+,33-,50-/m0/s1. The van der Waals surface area contributed by atoms with Gasteiger partial charge in [-0.05, 0) is 69.4 Å². The highest BCUT2D eigenvalue weighted by Gasteiger charge is 2.30. The quantitative estimate of drug-likeness (QED) is 0.105. The molecule has 2 aromatic carbocycles. The summed E-state index contributed by atoms with van der Waals surface area (Å²) < 4.78 is 23.6. The highest BCUT2D eigenvalue weighted by molar-refractivity contribution is 7.94. The number of likely N-dealkylation sites (N-methyl/N-ethyl adjacent to an activating group) is 1. The van der Waals surface area contributed by atoms with Crippen LogP contribution in [0.25, 0.3) is 0 Å². The summed E-state index contributed by atoms with van der Waals surface area (Å²) in [6.45, 7) is 1.18. The highest BCUT2D eigenvalue weighted by atomic mass is 32.2. The van der Waals surface area contributed by atoms with Gasteiger partial charge in [0.1, 0.15) is 18.3 Å². The number of aliphatic hydroxyl groups is 5. The first-order valence-electron chi connectivity index (χ1n) is 15.7. The van der Waals surface area contributed by atoms with E-state index < -0.39 is 46.7 Å². The number of carbonyl (C=O) groups excluding carboxylic acids is 2. The Hall–Kier alpha value is -4.72. The maximum atomic E-state index is 14.2. The molecule has 13 nitrogen and oxygen atoms in total. The number of aryl methyl sites for hydroxylation is 1. The number of carbonyl (C=O) groups is 2. The smallest absolute Gasteiger partial charge is 0.291 e. The second-order valence-electron chi connectivity index (χ2n) is 11.6. The summed E-state index contributed by atoms with van der Waals surface area (Å²) in [6.07, 6.45) is -1.97. The molecule has 0 aliphatic rings. The van der Waals surface area contributed by atoms with Crippen molar-refractivity contribution in [1.29, 1.82) is 0 Å². The van der Waals surface area contributed by atoms with Gasteiger partial charge in [0, 0.05) is 52.0 Å². The molecular formula is C36H40N4O9S. The van der Waals surface area contributed by atoms with Crippen LogP contribution in [0.15, 0.2) is 99.1 Å². The van der Waals surface area contributed by atoms with Crippen molar-refractivity contribution in [2.24, 2.45) is 4.36 Å². The molecule has 0 saturated heterocycles. The third-order valence-electron chi connectivity index (χ3n) is 7.65. The lowest BCUT2D eigenvalue weighted by Crippen LogP contribution is -2.49. The summed E-state index contributed by atoms with van der Waals surface area (Å²) in [6, 6.07) is 18.5. The van der Waals surface area contributed by atoms with Gasteiger partial charge in [-0.3, -0.25) is 14.6 Å². The maximum Gasteiger partial charge on any atom is 0.291 e. The Kier molecular flexibility index (Phi) is 13.6. The second-order valence-corrected chi connectivity index (χ2v) is 14.0. The molecule has 14 heteroatoms. The summed E-state index contributed by atoms with van der Waals surface area (Å²) in [5.74, 6) is 5.04. The molecule has 0 aliphatic carbocycles. The van der Waals surface area contributed by atoms with Crippen LogP contribution in [0.4, 0.5) is 5.69 Å². The first-order valence-corrected chi connectivity index (χ1v) is 17.4. The van der Waals surface area contributed by atoms with Crippen LogP contribution in [0.1, 0.15) is 44.0 Å². The molecule has 6 N–H and O–H groups in total. The minimum absolute atomic E-state index is 0.00309. The number of aromatic nitrogens is 1. The van der Waals surface area contributed by atoms with Gasteiger partial charge in [0.15, 0.2) is 5.76 Å². The van der Waals surface area contributed by atoms with Crippen molar-refractivity contribution < 1.29 is 43.7 Å². The number of benzene rings is 2. The van der Waals surface area contributed by atoms with Crippen LogP contribution in [0, 0.1) is 18.8 Å². The number of hydrogen-bond donors (Lipinski definition) is 6. The van der Waals surface area contributed by atoms with Crippen molar-refractivity contribution in [1.82, 2.24) is 9.88 Å². The topological polar surface area (TPSA) is 206 Å². The van der Waals surface area contributed by atoms with E-state index in [2.05, 4.69) is 26.5 Å².